The quantitative estimate of drug-likeness (QED) is 0.358. The molecule has 4 N–H and O–H groups in total. The summed E-state index contributed by atoms with van der Waals surface area (Å²) in [6.07, 6.45) is 5.94. The van der Waals surface area contributed by atoms with Crippen molar-refractivity contribution in [3.05, 3.63) is 102 Å². The molecule has 0 aromatic heterocycles. The van der Waals surface area contributed by atoms with Crippen molar-refractivity contribution in [3.63, 3.8) is 0 Å². The number of anilines is 2. The van der Waals surface area contributed by atoms with Gasteiger partial charge in [0.1, 0.15) is 0 Å². The third kappa shape index (κ3) is 6.86. The van der Waals surface area contributed by atoms with Gasteiger partial charge in [0.2, 0.25) is 0 Å². The number of nitrogens with one attached hydrogen (secondary N) is 4. The Bertz CT molecular complexity index is 1350. The molecular formula is C28H29N5O3S. The molecule has 1 aliphatic heterocycles. The summed E-state index contributed by atoms with van der Waals surface area (Å²) in [5, 5.41) is 8.27. The van der Waals surface area contributed by atoms with E-state index < -0.39 is 11.0 Å². The summed E-state index contributed by atoms with van der Waals surface area (Å²) in [4.78, 5) is 26.8. The fraction of sp³-hybridized carbons (Fsp3) is 0.143. The molecule has 1 atom stereocenters. The van der Waals surface area contributed by atoms with Gasteiger partial charge < -0.3 is 25.6 Å². The lowest BCUT2D eigenvalue weighted by Crippen LogP contribution is -2.32. The molecule has 1 unspecified atom stereocenters. The van der Waals surface area contributed by atoms with Gasteiger partial charge in [-0.05, 0) is 71.4 Å². The van der Waals surface area contributed by atoms with E-state index in [4.69, 9.17) is 0 Å². The Kier molecular flexibility index (Phi) is 8.37. The summed E-state index contributed by atoms with van der Waals surface area (Å²) in [5.41, 5.74) is 4.61. The van der Waals surface area contributed by atoms with Crippen LogP contribution < -0.4 is 20.7 Å². The minimum Gasteiger partial charge on any atom is -0.376 e. The van der Waals surface area contributed by atoms with Crippen LogP contribution in [0.1, 0.15) is 10.4 Å². The number of hydrogen-bond acceptors (Lipinski definition) is 4. The van der Waals surface area contributed by atoms with Crippen LogP contribution in [0.4, 0.5) is 16.2 Å². The topological polar surface area (TPSA) is 103 Å². The smallest absolute Gasteiger partial charge is 0.319 e. The van der Waals surface area contributed by atoms with E-state index in [-0.39, 0.29) is 11.9 Å². The van der Waals surface area contributed by atoms with Crippen molar-refractivity contribution in [3.8, 4) is 11.1 Å². The lowest BCUT2D eigenvalue weighted by atomic mass is 10.0. The molecule has 3 aromatic rings. The fourth-order valence-electron chi connectivity index (χ4n) is 3.83. The predicted molar refractivity (Wildman–Crippen MR) is 149 cm³/mol. The predicted octanol–water partition coefficient (Wildman–Crippen LogP) is 4.35. The van der Waals surface area contributed by atoms with E-state index in [2.05, 4.69) is 20.7 Å². The minimum atomic E-state index is -1.53. The van der Waals surface area contributed by atoms with Crippen molar-refractivity contribution in [2.45, 2.75) is 4.90 Å². The first kappa shape index (κ1) is 25.7. The summed E-state index contributed by atoms with van der Waals surface area (Å²) in [6.45, 7) is 1.24. The molecule has 1 heterocycles. The maximum absolute atomic E-state index is 13.2. The van der Waals surface area contributed by atoms with Crippen LogP contribution in [0.5, 0.6) is 0 Å². The number of urea groups is 1. The molecule has 4 rings (SSSR count). The van der Waals surface area contributed by atoms with E-state index in [1.165, 1.54) is 0 Å². The molecule has 0 radical (unpaired) electrons. The zero-order chi connectivity index (χ0) is 26.2. The van der Waals surface area contributed by atoms with Gasteiger partial charge in [-0.2, -0.15) is 0 Å². The average Bonchev–Trinajstić information content (AvgIpc) is 2.92. The van der Waals surface area contributed by atoms with Gasteiger partial charge in [-0.25, -0.2) is 9.00 Å². The van der Waals surface area contributed by atoms with Crippen LogP contribution in [0.2, 0.25) is 0 Å². The molecule has 0 spiro atoms. The molecule has 0 fully saturated rings. The molecule has 1 aliphatic rings. The van der Waals surface area contributed by atoms with E-state index in [1.807, 2.05) is 60.6 Å². The summed E-state index contributed by atoms with van der Waals surface area (Å²) in [6, 6.07) is 21.3. The number of amides is 3. The molecule has 3 amide bonds. The number of carbonyl (C=O) groups excluding carboxylic acids is 2. The summed E-state index contributed by atoms with van der Waals surface area (Å²) in [7, 11) is 2.04. The zero-order valence-electron chi connectivity index (χ0n) is 20.7. The Morgan fingerprint density at radius 1 is 0.946 bits per heavy atom. The van der Waals surface area contributed by atoms with Crippen LogP contribution in [0.3, 0.4) is 0 Å². The van der Waals surface area contributed by atoms with Gasteiger partial charge in [-0.3, -0.25) is 4.79 Å². The Morgan fingerprint density at radius 3 is 2.35 bits per heavy atom. The maximum atomic E-state index is 13.2. The largest absolute Gasteiger partial charge is 0.376 e. The van der Waals surface area contributed by atoms with Crippen molar-refractivity contribution in [2.75, 3.05) is 37.2 Å². The lowest BCUT2D eigenvalue weighted by Gasteiger charge is -2.20. The Morgan fingerprint density at radius 2 is 1.65 bits per heavy atom. The highest BCUT2D eigenvalue weighted by Gasteiger charge is 2.13. The normalized spacial score (nSPS) is 13.4. The SMILES string of the molecule is CNC(=O)c1ccc(-c2ccccc2S(=O)Nc2ccc(NC(=O)NCC3=CC=CN(C)C3)cc2)cc1. The standard InChI is InChI=1S/C28H29N5O3S/c1-29-27(34)22-11-9-21(10-12-22)25-7-3-4-8-26(25)37(36)32-24-15-13-23(14-16-24)31-28(35)30-18-20-6-5-17-33(2)19-20/h3-17,32H,18-19H2,1-2H3,(H,29,34)(H2,30,31,35). The highest BCUT2D eigenvalue weighted by molar-refractivity contribution is 7.86. The third-order valence-corrected chi connectivity index (χ3v) is 6.90. The molecule has 0 bridgehead atoms. The van der Waals surface area contributed by atoms with Gasteiger partial charge in [-0.1, -0.05) is 36.4 Å². The van der Waals surface area contributed by atoms with E-state index in [9.17, 15) is 13.8 Å². The van der Waals surface area contributed by atoms with Crippen LogP contribution in [-0.4, -0.2) is 48.2 Å². The van der Waals surface area contributed by atoms with Crippen LogP contribution in [0.25, 0.3) is 11.1 Å². The Hall–Kier alpha value is -4.37. The van der Waals surface area contributed by atoms with Crippen LogP contribution in [-0.2, 0) is 11.0 Å². The zero-order valence-corrected chi connectivity index (χ0v) is 21.5. The summed E-state index contributed by atoms with van der Waals surface area (Å²) in [5.74, 6) is -0.160. The van der Waals surface area contributed by atoms with Gasteiger partial charge in [0.25, 0.3) is 5.91 Å². The first-order chi connectivity index (χ1) is 17.9. The molecule has 0 saturated carbocycles. The highest BCUT2D eigenvalue weighted by Crippen LogP contribution is 2.27. The molecule has 0 aliphatic carbocycles. The second-order valence-electron chi connectivity index (χ2n) is 8.49. The number of hydrogen-bond donors (Lipinski definition) is 4. The molecule has 37 heavy (non-hydrogen) atoms. The number of allylic oxidation sites excluding steroid dienone is 2. The van der Waals surface area contributed by atoms with E-state index >= 15 is 0 Å². The number of carbonyl (C=O) groups is 2. The monoisotopic (exact) mass is 515 g/mol. The van der Waals surface area contributed by atoms with Gasteiger partial charge in [0.15, 0.2) is 11.0 Å². The van der Waals surface area contributed by atoms with Crippen LogP contribution in [0.15, 0.2) is 102 Å². The number of likely N-dealkylation sites (N-methyl/N-ethyl adjacent to an activating group) is 1. The summed E-state index contributed by atoms with van der Waals surface area (Å²) >= 11 is 0. The first-order valence-electron chi connectivity index (χ1n) is 11.7. The number of nitrogens with zero attached hydrogens (tertiary/aromatic N) is 1. The third-order valence-electron chi connectivity index (χ3n) is 5.73. The van der Waals surface area contributed by atoms with Crippen molar-refractivity contribution in [1.82, 2.24) is 15.5 Å². The highest BCUT2D eigenvalue weighted by atomic mass is 32.2. The molecule has 190 valence electrons. The minimum absolute atomic E-state index is 0.160. The number of benzene rings is 3. The van der Waals surface area contributed by atoms with E-state index in [0.29, 0.717) is 28.4 Å². The first-order valence-corrected chi connectivity index (χ1v) is 12.9. The van der Waals surface area contributed by atoms with Gasteiger partial charge in [-0.15, -0.1) is 0 Å². The van der Waals surface area contributed by atoms with Crippen molar-refractivity contribution in [2.24, 2.45) is 0 Å². The van der Waals surface area contributed by atoms with E-state index in [1.54, 1.807) is 49.5 Å². The molecule has 8 nitrogen and oxygen atoms in total. The number of rotatable bonds is 8. The lowest BCUT2D eigenvalue weighted by molar-refractivity contribution is 0.0963. The van der Waals surface area contributed by atoms with Crippen molar-refractivity contribution < 1.29 is 13.8 Å². The van der Waals surface area contributed by atoms with E-state index in [0.717, 1.165) is 23.2 Å². The second kappa shape index (κ2) is 12.0. The van der Waals surface area contributed by atoms with Gasteiger partial charge in [0.05, 0.1) is 4.90 Å². The fourth-order valence-corrected chi connectivity index (χ4v) is 4.88. The van der Waals surface area contributed by atoms with Crippen molar-refractivity contribution in [1.29, 1.82) is 0 Å². The summed E-state index contributed by atoms with van der Waals surface area (Å²) < 4.78 is 16.2. The Labute approximate surface area is 219 Å². The maximum Gasteiger partial charge on any atom is 0.319 e. The van der Waals surface area contributed by atoms with Crippen molar-refractivity contribution >= 4 is 34.3 Å². The average molecular weight is 516 g/mol. The molecule has 0 saturated heterocycles. The van der Waals surface area contributed by atoms with Gasteiger partial charge >= 0.3 is 6.03 Å². The second-order valence-corrected chi connectivity index (χ2v) is 9.67. The van der Waals surface area contributed by atoms with Crippen LogP contribution >= 0.6 is 0 Å². The van der Waals surface area contributed by atoms with Crippen LogP contribution in [0, 0.1) is 0 Å². The van der Waals surface area contributed by atoms with Gasteiger partial charge in [0, 0.05) is 44.1 Å². The molecule has 3 aromatic carbocycles. The molecule has 9 heteroatoms. The Balaban J connectivity index is 1.37. The molecular weight excluding hydrogens is 486 g/mol.